The first-order valence-corrected chi connectivity index (χ1v) is 12.2. The molecule has 6 rings (SSSR count). The van der Waals surface area contributed by atoms with Gasteiger partial charge < -0.3 is 29.7 Å². The van der Waals surface area contributed by atoms with Crippen LogP contribution in [-0.2, 0) is 16.1 Å². The molecule has 3 N–H and O–H groups in total. The van der Waals surface area contributed by atoms with Gasteiger partial charge in [-0.05, 0) is 24.0 Å². The fourth-order valence-electron chi connectivity index (χ4n) is 4.84. The zero-order valence-electron chi connectivity index (χ0n) is 20.0. The molecule has 3 aromatic heterocycles. The summed E-state index contributed by atoms with van der Waals surface area (Å²) in [4.78, 5) is 23.3. The average molecular weight is 506 g/mol. The van der Waals surface area contributed by atoms with E-state index in [9.17, 15) is 15.3 Å². The molecule has 5 heterocycles. The molecule has 2 aliphatic heterocycles. The third-order valence-electron chi connectivity index (χ3n) is 6.86. The SMILES string of the molecule is OC[C@H]1O[C@@H](n2cnc3c(O)ncnc32)C(OCc2ccc(-c3cnc(N4CCCC4)nc3)cc2)C1O. The molecule has 12 heteroatoms. The van der Waals surface area contributed by atoms with Crippen molar-refractivity contribution in [2.24, 2.45) is 0 Å². The van der Waals surface area contributed by atoms with E-state index in [0.29, 0.717) is 5.65 Å². The van der Waals surface area contributed by atoms with Gasteiger partial charge >= 0.3 is 0 Å². The Hall–Kier alpha value is -3.71. The minimum atomic E-state index is -1.08. The molecule has 0 bridgehead atoms. The van der Waals surface area contributed by atoms with Crippen molar-refractivity contribution >= 4 is 17.1 Å². The van der Waals surface area contributed by atoms with Gasteiger partial charge in [-0.25, -0.2) is 19.9 Å². The number of benzene rings is 1. The van der Waals surface area contributed by atoms with Crippen LogP contribution in [0.5, 0.6) is 5.88 Å². The van der Waals surface area contributed by atoms with Gasteiger partial charge in [-0.1, -0.05) is 24.3 Å². The number of fused-ring (bicyclic) bond motifs is 1. The summed E-state index contributed by atoms with van der Waals surface area (Å²) in [6, 6.07) is 7.85. The topological polar surface area (TPSA) is 152 Å². The number of ether oxygens (including phenoxy) is 2. The fourth-order valence-corrected chi connectivity index (χ4v) is 4.84. The number of rotatable bonds is 7. The van der Waals surface area contributed by atoms with Gasteiger partial charge in [0.25, 0.3) is 0 Å². The maximum absolute atomic E-state index is 10.8. The third-order valence-corrected chi connectivity index (χ3v) is 6.86. The van der Waals surface area contributed by atoms with Crippen LogP contribution in [0.1, 0.15) is 24.6 Å². The molecule has 37 heavy (non-hydrogen) atoms. The van der Waals surface area contributed by atoms with E-state index in [1.807, 2.05) is 36.7 Å². The van der Waals surface area contributed by atoms with E-state index >= 15 is 0 Å². The van der Waals surface area contributed by atoms with Crippen LogP contribution in [0.3, 0.4) is 0 Å². The van der Waals surface area contributed by atoms with Crippen LogP contribution in [0.25, 0.3) is 22.3 Å². The van der Waals surface area contributed by atoms with Crippen LogP contribution in [-0.4, -0.2) is 82.8 Å². The number of aromatic nitrogens is 6. The van der Waals surface area contributed by atoms with Crippen molar-refractivity contribution in [2.75, 3.05) is 24.6 Å². The Morgan fingerprint density at radius 2 is 1.73 bits per heavy atom. The Morgan fingerprint density at radius 3 is 2.46 bits per heavy atom. The lowest BCUT2D eigenvalue weighted by atomic mass is 10.1. The van der Waals surface area contributed by atoms with E-state index in [0.717, 1.165) is 35.7 Å². The largest absolute Gasteiger partial charge is 0.492 e. The summed E-state index contributed by atoms with van der Waals surface area (Å²) in [5, 5.41) is 30.4. The molecular weight excluding hydrogens is 478 g/mol. The summed E-state index contributed by atoms with van der Waals surface area (Å²) in [6.07, 6.45) is 5.17. The van der Waals surface area contributed by atoms with E-state index in [1.54, 1.807) is 4.57 Å². The highest BCUT2D eigenvalue weighted by Crippen LogP contribution is 2.35. The zero-order valence-corrected chi connectivity index (χ0v) is 20.0. The summed E-state index contributed by atoms with van der Waals surface area (Å²) in [5.41, 5.74) is 3.35. The molecule has 12 nitrogen and oxygen atoms in total. The van der Waals surface area contributed by atoms with Crippen LogP contribution in [0.2, 0.25) is 0 Å². The molecule has 0 spiro atoms. The van der Waals surface area contributed by atoms with Crippen LogP contribution >= 0.6 is 0 Å². The molecule has 2 aliphatic rings. The van der Waals surface area contributed by atoms with Crippen LogP contribution in [0.15, 0.2) is 49.3 Å². The Kier molecular flexibility index (Phi) is 6.38. The Balaban J connectivity index is 1.16. The van der Waals surface area contributed by atoms with Crippen molar-refractivity contribution < 1.29 is 24.8 Å². The minimum Gasteiger partial charge on any atom is -0.492 e. The standard InChI is InChI=1S/C25H27N7O5/c33-11-18-20(34)21(24(37-18)32-14-30-19-22(32)28-13-29-23(19)35)36-12-15-3-5-16(6-4-15)17-9-26-25(27-10-17)31-7-1-2-8-31/h3-6,9-10,13-14,18,20-21,24,33-34H,1-2,7-8,11-12H2,(H,28,29,35)/t18-,20?,21?,24-/m1/s1. The quantitative estimate of drug-likeness (QED) is 0.334. The van der Waals surface area contributed by atoms with Gasteiger partial charge in [0.2, 0.25) is 11.8 Å². The molecule has 0 amide bonds. The van der Waals surface area contributed by atoms with Crippen molar-refractivity contribution in [1.82, 2.24) is 29.5 Å². The van der Waals surface area contributed by atoms with Gasteiger partial charge in [-0.2, -0.15) is 4.98 Å². The molecule has 2 unspecified atom stereocenters. The van der Waals surface area contributed by atoms with E-state index < -0.39 is 24.5 Å². The summed E-state index contributed by atoms with van der Waals surface area (Å²) >= 11 is 0. The summed E-state index contributed by atoms with van der Waals surface area (Å²) in [5.74, 6) is 0.515. The highest BCUT2D eigenvalue weighted by atomic mass is 16.6. The van der Waals surface area contributed by atoms with Gasteiger partial charge in [-0.15, -0.1) is 0 Å². The van der Waals surface area contributed by atoms with Crippen LogP contribution in [0, 0.1) is 0 Å². The number of hydrogen-bond acceptors (Lipinski definition) is 11. The molecule has 4 aromatic rings. The van der Waals surface area contributed by atoms with Crippen LogP contribution in [0.4, 0.5) is 5.95 Å². The molecule has 1 aromatic carbocycles. The fraction of sp³-hybridized carbons (Fsp3) is 0.400. The lowest BCUT2D eigenvalue weighted by molar-refractivity contribution is -0.0761. The molecule has 2 saturated heterocycles. The van der Waals surface area contributed by atoms with Gasteiger partial charge in [0.05, 0.1) is 19.5 Å². The summed E-state index contributed by atoms with van der Waals surface area (Å²) < 4.78 is 13.5. The van der Waals surface area contributed by atoms with E-state index in [4.69, 9.17) is 9.47 Å². The second-order valence-electron chi connectivity index (χ2n) is 9.20. The molecule has 2 fully saturated rings. The number of aliphatic hydroxyl groups excluding tert-OH is 2. The van der Waals surface area contributed by atoms with Crippen molar-refractivity contribution in [2.45, 2.75) is 44.0 Å². The highest BCUT2D eigenvalue weighted by Gasteiger charge is 2.46. The minimum absolute atomic E-state index is 0.206. The molecule has 0 aliphatic carbocycles. The van der Waals surface area contributed by atoms with Crippen molar-refractivity contribution in [3.63, 3.8) is 0 Å². The summed E-state index contributed by atoms with van der Waals surface area (Å²) in [6.45, 7) is 1.83. The Morgan fingerprint density at radius 1 is 0.973 bits per heavy atom. The molecule has 0 saturated carbocycles. The molecule has 4 atom stereocenters. The molecule has 0 radical (unpaired) electrons. The van der Waals surface area contributed by atoms with Crippen molar-refractivity contribution in [3.8, 4) is 17.0 Å². The van der Waals surface area contributed by atoms with E-state index in [1.165, 1.54) is 25.5 Å². The van der Waals surface area contributed by atoms with Gasteiger partial charge in [0.15, 0.2) is 17.4 Å². The normalized spacial score (nSPS) is 23.8. The Labute approximate surface area is 212 Å². The first-order chi connectivity index (χ1) is 18.1. The van der Waals surface area contributed by atoms with E-state index in [2.05, 4.69) is 29.8 Å². The predicted molar refractivity (Wildman–Crippen MR) is 131 cm³/mol. The number of hydrogen-bond donors (Lipinski definition) is 3. The lowest BCUT2D eigenvalue weighted by Crippen LogP contribution is -2.35. The average Bonchev–Trinajstić information content (AvgIpc) is 3.68. The Bertz CT molecular complexity index is 1360. The van der Waals surface area contributed by atoms with Crippen LogP contribution < -0.4 is 4.90 Å². The van der Waals surface area contributed by atoms with Gasteiger partial charge in [0, 0.05) is 31.0 Å². The molecule has 192 valence electrons. The van der Waals surface area contributed by atoms with Crippen molar-refractivity contribution in [1.29, 1.82) is 0 Å². The number of imidazole rings is 1. The predicted octanol–water partition coefficient (Wildman–Crippen LogP) is 1.43. The number of nitrogens with zero attached hydrogens (tertiary/aromatic N) is 7. The summed E-state index contributed by atoms with van der Waals surface area (Å²) in [7, 11) is 0. The lowest BCUT2D eigenvalue weighted by Gasteiger charge is -2.22. The maximum atomic E-state index is 10.8. The van der Waals surface area contributed by atoms with Gasteiger partial charge in [-0.3, -0.25) is 4.57 Å². The smallest absolute Gasteiger partial charge is 0.242 e. The second-order valence-corrected chi connectivity index (χ2v) is 9.20. The second kappa shape index (κ2) is 9.98. The number of anilines is 1. The monoisotopic (exact) mass is 505 g/mol. The highest BCUT2D eigenvalue weighted by molar-refractivity contribution is 5.75. The first kappa shape index (κ1) is 23.7. The van der Waals surface area contributed by atoms with Gasteiger partial charge in [0.1, 0.15) is 24.6 Å². The van der Waals surface area contributed by atoms with Crippen molar-refractivity contribution in [3.05, 3.63) is 54.9 Å². The maximum Gasteiger partial charge on any atom is 0.242 e. The number of aromatic hydroxyl groups is 1. The number of aliphatic hydroxyl groups is 2. The first-order valence-electron chi connectivity index (χ1n) is 12.2. The van der Waals surface area contributed by atoms with E-state index in [-0.39, 0.29) is 24.6 Å². The molecular formula is C25H27N7O5. The zero-order chi connectivity index (χ0) is 25.4. The third kappa shape index (κ3) is 4.48.